The molecule has 0 fully saturated rings. The van der Waals surface area contributed by atoms with Crippen molar-refractivity contribution in [3.63, 3.8) is 0 Å². The minimum Gasteiger partial charge on any atom is -0.411 e. The van der Waals surface area contributed by atoms with Crippen LogP contribution in [0.3, 0.4) is 0 Å². The lowest BCUT2D eigenvalue weighted by Crippen LogP contribution is -2.09. The van der Waals surface area contributed by atoms with E-state index in [1.807, 2.05) is 0 Å². The molecule has 15 heavy (non-hydrogen) atoms. The number of benzene rings is 1. The van der Waals surface area contributed by atoms with E-state index in [2.05, 4.69) is 5.16 Å². The molecular weight excluding hydrogens is 214 g/mol. The topological polar surface area (TPSA) is 66.7 Å². The molecule has 1 aromatic rings. The van der Waals surface area contributed by atoms with Crippen LogP contribution in [0, 0.1) is 0 Å². The van der Waals surface area contributed by atoms with Crippen LogP contribution in [0.2, 0.25) is 0 Å². The third-order valence-electron chi connectivity index (χ3n) is 2.01. The van der Waals surface area contributed by atoms with E-state index in [1.54, 1.807) is 37.3 Å². The fourth-order valence-electron chi connectivity index (χ4n) is 1.08. The molecule has 0 aliphatic heterocycles. The summed E-state index contributed by atoms with van der Waals surface area (Å²) in [5.74, 6) is -0.0348. The fraction of sp³-hybridized carbons (Fsp3) is 0.300. The largest absolute Gasteiger partial charge is 0.411 e. The summed E-state index contributed by atoms with van der Waals surface area (Å²) in [5, 5.41) is 11.3. The zero-order chi connectivity index (χ0) is 11.3. The SMILES string of the molecule is C/C(CCS(=O)(=O)c1ccccc1)=N/O. The quantitative estimate of drug-likeness (QED) is 0.483. The lowest BCUT2D eigenvalue weighted by atomic mass is 10.3. The molecule has 1 N–H and O–H groups in total. The molecule has 0 amide bonds. The Morgan fingerprint density at radius 1 is 1.33 bits per heavy atom. The third kappa shape index (κ3) is 3.36. The smallest absolute Gasteiger partial charge is 0.178 e. The Balaban J connectivity index is 2.78. The molecule has 0 aromatic heterocycles. The summed E-state index contributed by atoms with van der Waals surface area (Å²) < 4.78 is 23.4. The van der Waals surface area contributed by atoms with Crippen LogP contribution in [-0.2, 0) is 9.84 Å². The van der Waals surface area contributed by atoms with Crippen LogP contribution in [-0.4, -0.2) is 25.1 Å². The molecular formula is C10H13NO3S. The summed E-state index contributed by atoms with van der Waals surface area (Å²) >= 11 is 0. The van der Waals surface area contributed by atoms with Gasteiger partial charge in [0.2, 0.25) is 0 Å². The highest BCUT2D eigenvalue weighted by Gasteiger charge is 2.13. The average Bonchev–Trinajstić information content (AvgIpc) is 2.27. The van der Waals surface area contributed by atoms with Crippen molar-refractivity contribution in [1.82, 2.24) is 0 Å². The summed E-state index contributed by atoms with van der Waals surface area (Å²) in [6.07, 6.45) is 0.244. The summed E-state index contributed by atoms with van der Waals surface area (Å²) in [7, 11) is -3.26. The average molecular weight is 227 g/mol. The van der Waals surface area contributed by atoms with Gasteiger partial charge < -0.3 is 5.21 Å². The number of nitrogens with zero attached hydrogens (tertiary/aromatic N) is 1. The maximum Gasteiger partial charge on any atom is 0.178 e. The first-order chi connectivity index (χ1) is 7.06. The van der Waals surface area contributed by atoms with Crippen molar-refractivity contribution in [2.75, 3.05) is 5.75 Å². The second-order valence-corrected chi connectivity index (χ2v) is 5.33. The molecule has 0 saturated heterocycles. The minimum absolute atomic E-state index is 0.0348. The van der Waals surface area contributed by atoms with Crippen molar-refractivity contribution >= 4 is 15.5 Å². The first kappa shape index (κ1) is 11.7. The molecule has 0 unspecified atom stereocenters. The van der Waals surface area contributed by atoms with Crippen molar-refractivity contribution in [2.45, 2.75) is 18.2 Å². The summed E-state index contributed by atoms with van der Waals surface area (Å²) in [6.45, 7) is 1.58. The van der Waals surface area contributed by atoms with Gasteiger partial charge in [0.1, 0.15) is 0 Å². The van der Waals surface area contributed by atoms with E-state index in [-0.39, 0.29) is 12.2 Å². The van der Waals surface area contributed by atoms with E-state index in [9.17, 15) is 8.42 Å². The van der Waals surface area contributed by atoms with Gasteiger partial charge in [-0.05, 0) is 19.1 Å². The number of oxime groups is 1. The van der Waals surface area contributed by atoms with Gasteiger partial charge >= 0.3 is 0 Å². The normalized spacial score (nSPS) is 12.7. The van der Waals surface area contributed by atoms with Gasteiger partial charge in [-0.15, -0.1) is 0 Å². The molecule has 82 valence electrons. The van der Waals surface area contributed by atoms with Crippen LogP contribution in [0.1, 0.15) is 13.3 Å². The van der Waals surface area contributed by atoms with E-state index < -0.39 is 9.84 Å². The summed E-state index contributed by atoms with van der Waals surface area (Å²) in [6, 6.07) is 8.24. The van der Waals surface area contributed by atoms with Gasteiger partial charge in [0, 0.05) is 6.42 Å². The second-order valence-electron chi connectivity index (χ2n) is 3.22. The van der Waals surface area contributed by atoms with Gasteiger partial charge in [-0.2, -0.15) is 0 Å². The van der Waals surface area contributed by atoms with Crippen LogP contribution in [0.15, 0.2) is 40.4 Å². The summed E-state index contributed by atoms with van der Waals surface area (Å²) in [5.41, 5.74) is 0.412. The van der Waals surface area contributed by atoms with Gasteiger partial charge in [0.25, 0.3) is 0 Å². The predicted molar refractivity (Wildman–Crippen MR) is 58.0 cm³/mol. The van der Waals surface area contributed by atoms with Gasteiger partial charge in [-0.1, -0.05) is 23.4 Å². The van der Waals surface area contributed by atoms with E-state index in [1.165, 1.54) is 0 Å². The first-order valence-electron chi connectivity index (χ1n) is 4.51. The van der Waals surface area contributed by atoms with Gasteiger partial charge in [-0.3, -0.25) is 0 Å². The van der Waals surface area contributed by atoms with Crippen molar-refractivity contribution < 1.29 is 13.6 Å². The van der Waals surface area contributed by atoms with Gasteiger partial charge in [-0.25, -0.2) is 8.42 Å². The van der Waals surface area contributed by atoms with Gasteiger partial charge in [0.05, 0.1) is 16.4 Å². The van der Waals surface area contributed by atoms with E-state index in [0.29, 0.717) is 10.6 Å². The predicted octanol–water partition coefficient (Wildman–Crippen LogP) is 1.70. The zero-order valence-electron chi connectivity index (χ0n) is 8.42. The monoisotopic (exact) mass is 227 g/mol. The van der Waals surface area contributed by atoms with Crippen molar-refractivity contribution in [2.24, 2.45) is 5.16 Å². The standard InChI is InChI=1S/C10H13NO3S/c1-9(11-12)7-8-15(13,14)10-5-3-2-4-6-10/h2-6,12H,7-8H2,1H3/b11-9-. The Hall–Kier alpha value is -1.36. The first-order valence-corrected chi connectivity index (χ1v) is 6.17. The molecule has 0 aliphatic carbocycles. The molecule has 0 bridgehead atoms. The molecule has 0 spiro atoms. The highest BCUT2D eigenvalue weighted by Crippen LogP contribution is 2.11. The van der Waals surface area contributed by atoms with Crippen LogP contribution < -0.4 is 0 Å². The van der Waals surface area contributed by atoms with Crippen LogP contribution in [0.25, 0.3) is 0 Å². The number of sulfone groups is 1. The second kappa shape index (κ2) is 4.93. The Labute approximate surface area is 89.2 Å². The van der Waals surface area contributed by atoms with E-state index in [0.717, 1.165) is 0 Å². The van der Waals surface area contributed by atoms with E-state index in [4.69, 9.17) is 5.21 Å². The Morgan fingerprint density at radius 3 is 2.47 bits per heavy atom. The number of hydrogen-bond acceptors (Lipinski definition) is 4. The molecule has 0 aliphatic rings. The zero-order valence-corrected chi connectivity index (χ0v) is 9.24. The van der Waals surface area contributed by atoms with E-state index >= 15 is 0 Å². The molecule has 0 saturated carbocycles. The molecule has 0 atom stereocenters. The Bertz CT molecular complexity index is 437. The molecule has 4 nitrogen and oxygen atoms in total. The molecule has 5 heteroatoms. The van der Waals surface area contributed by atoms with Crippen LogP contribution >= 0.6 is 0 Å². The van der Waals surface area contributed by atoms with Crippen molar-refractivity contribution in [3.8, 4) is 0 Å². The number of rotatable bonds is 4. The molecule has 0 radical (unpaired) electrons. The minimum atomic E-state index is -3.26. The van der Waals surface area contributed by atoms with Gasteiger partial charge in [0.15, 0.2) is 9.84 Å². The summed E-state index contributed by atoms with van der Waals surface area (Å²) in [4.78, 5) is 0.302. The molecule has 1 rings (SSSR count). The highest BCUT2D eigenvalue weighted by atomic mass is 32.2. The van der Waals surface area contributed by atoms with Crippen molar-refractivity contribution in [1.29, 1.82) is 0 Å². The maximum atomic E-state index is 11.7. The number of hydrogen-bond donors (Lipinski definition) is 1. The lowest BCUT2D eigenvalue weighted by molar-refractivity contribution is 0.317. The maximum absolute atomic E-state index is 11.7. The fourth-order valence-corrected chi connectivity index (χ4v) is 2.45. The van der Waals surface area contributed by atoms with Crippen LogP contribution in [0.4, 0.5) is 0 Å². The van der Waals surface area contributed by atoms with Crippen molar-refractivity contribution in [3.05, 3.63) is 30.3 Å². The Kier molecular flexibility index (Phi) is 3.85. The van der Waals surface area contributed by atoms with Crippen LogP contribution in [0.5, 0.6) is 0 Å². The molecule has 1 aromatic carbocycles. The molecule has 0 heterocycles. The lowest BCUT2D eigenvalue weighted by Gasteiger charge is -2.02. The third-order valence-corrected chi connectivity index (χ3v) is 3.74. The Morgan fingerprint density at radius 2 is 1.93 bits per heavy atom. The highest BCUT2D eigenvalue weighted by molar-refractivity contribution is 7.91.